The third-order valence-corrected chi connectivity index (χ3v) is 29.7. The van der Waals surface area contributed by atoms with Gasteiger partial charge in [0, 0.05) is 176 Å². The maximum atomic E-state index is 12.9. The number of phenols is 6. The van der Waals surface area contributed by atoms with E-state index in [9.17, 15) is 83.4 Å². The Hall–Kier alpha value is -14.3. The highest BCUT2D eigenvalue weighted by atomic mass is 32.2. The topological polar surface area (TPSA) is 599 Å². The number of amides is 6. The van der Waals surface area contributed by atoms with Gasteiger partial charge in [0.2, 0.25) is 11.8 Å². The van der Waals surface area contributed by atoms with Crippen molar-refractivity contribution in [3.63, 3.8) is 0 Å². The number of carbonyl (C=O) groups excluding carboxylic acids is 6. The number of carbonyl (C=O) groups is 8. The molecule has 0 bridgehead atoms. The average molecular weight is 2110 g/mol. The van der Waals surface area contributed by atoms with Crippen LogP contribution in [0.4, 0.5) is 9.59 Å². The molecule has 150 heavy (non-hydrogen) atoms. The number of aromatic hydroxyl groups is 6. The Morgan fingerprint density at radius 3 is 1.09 bits per heavy atom. The molecule has 4 saturated heterocycles. The maximum absolute atomic E-state index is 12.9. The zero-order valence-corrected chi connectivity index (χ0v) is 88.3. The number of unbranched alkanes of at least 4 members (excludes halogenated alkanes) is 10. The van der Waals surface area contributed by atoms with Crippen molar-refractivity contribution in [2.45, 2.75) is 294 Å². The van der Waals surface area contributed by atoms with E-state index in [2.05, 4.69) is 67.1 Å². The minimum absolute atomic E-state index is 0.00689. The van der Waals surface area contributed by atoms with Crippen LogP contribution in [-0.2, 0) is 53.1 Å². The molecule has 0 radical (unpaired) electrons. The van der Waals surface area contributed by atoms with Crippen molar-refractivity contribution in [2.24, 2.45) is 11.5 Å². The molecule has 16 rings (SSSR count). The fourth-order valence-electron chi connectivity index (χ4n) is 18.9. The molecule has 0 saturated carbocycles. The summed E-state index contributed by atoms with van der Waals surface area (Å²) in [7, 11) is 0. The molecule has 40 nitrogen and oxygen atoms in total. The van der Waals surface area contributed by atoms with Crippen molar-refractivity contribution >= 4 is 104 Å². The number of nitrogens with two attached hydrogens (primary N) is 2. The fraction of sp³-hybridized carbons (Fsp3) is 0.481. The van der Waals surface area contributed by atoms with Gasteiger partial charge in [-0.2, -0.15) is 38.8 Å². The summed E-state index contributed by atoms with van der Waals surface area (Å²) in [6.45, 7) is 21.2. The Bertz CT molecular complexity index is 6850. The van der Waals surface area contributed by atoms with E-state index in [0.29, 0.717) is 151 Å². The normalized spacial score (nSPS) is 16.0. The van der Waals surface area contributed by atoms with Gasteiger partial charge in [-0.05, 0) is 217 Å². The molecule has 4 aliphatic heterocycles. The number of phenolic OH excluding ortho intramolecular Hbond substituents is 6. The number of aliphatic carboxylic acids is 2. The number of carboxylic acids is 2. The first kappa shape index (κ1) is 114. The first-order chi connectivity index (χ1) is 71.8. The van der Waals surface area contributed by atoms with Gasteiger partial charge in [-0.1, -0.05) is 86.5 Å². The maximum Gasteiger partial charge on any atom is 0.348 e. The van der Waals surface area contributed by atoms with Crippen LogP contribution in [0.2, 0.25) is 0 Å². The minimum Gasteiger partial charge on any atom is -0.508 e. The summed E-state index contributed by atoms with van der Waals surface area (Å²) in [6, 6.07) is 32.4. The number of ketones is 1. The quantitative estimate of drug-likeness (QED) is 0.00957. The number of hydrogen-bond donors (Lipinski definition) is 19. The number of urea groups is 2. The molecular weight excluding hydrogens is 1960 g/mol. The molecule has 6 atom stereocenters. The second-order valence-corrected chi connectivity index (χ2v) is 42.7. The number of fused-ring (bicyclic) bond motifs is 5. The second-order valence-electron chi connectivity index (χ2n) is 40.1. The number of nitrogens with zero attached hydrogens (tertiary/aromatic N) is 9. The number of H-pyrrole nitrogens is 3. The first-order valence-electron chi connectivity index (χ1n) is 51.7. The van der Waals surface area contributed by atoms with Crippen molar-refractivity contribution in [2.75, 3.05) is 37.7 Å². The molecule has 808 valence electrons. The number of thioether (sulfide) groups is 2. The number of carboxylic acid groups (broad SMARTS) is 2. The molecule has 6 aromatic carbocycles. The number of aromatic nitrogens is 12. The van der Waals surface area contributed by atoms with Gasteiger partial charge < -0.3 is 103 Å². The van der Waals surface area contributed by atoms with Crippen LogP contribution in [0.5, 0.6) is 34.5 Å². The lowest BCUT2D eigenvalue weighted by atomic mass is 9.98. The number of Topliss-reactive ketones (excluding diaryl/α,β-unsaturated/α-hetero) is 1. The van der Waals surface area contributed by atoms with E-state index in [-0.39, 0.29) is 137 Å². The van der Waals surface area contributed by atoms with Crippen LogP contribution < -0.4 is 60.4 Å². The van der Waals surface area contributed by atoms with Crippen LogP contribution in [-0.4, -0.2) is 224 Å². The molecular formula is C108H144N20O20S2. The van der Waals surface area contributed by atoms with Crippen molar-refractivity contribution in [3.8, 4) is 85.7 Å². The van der Waals surface area contributed by atoms with Gasteiger partial charge in [-0.15, -0.1) is 0 Å². The molecule has 21 N–H and O–H groups in total. The third-order valence-electron chi connectivity index (χ3n) is 26.7. The standard InChI is InChI=1S/C38H49N7O6S.C27H34N6O4.C21H23N5O3.C12H22O4.C10H16N2O3S/c1-23(2)27-20-28(32(48)21-31(27)47)36-42-43-38(51)45(36)25-13-14-30-24(19-25)15-17-44(30)18-16-39-34(49)12-6-4-3-5-9-26(46)10-7-8-11-33-35-29(22-52-33)40-37(50)41-35;1-17(2)20-15-21(24(35)16-23(20)34)26-30-31-27(37)33(26)19-7-8-22-18(14-19)9-12-32(22)13-11-29-25(36)6-4-3-5-10-28;1-12(2)15-10-16(19(28)11-18(15)27)20-23-24-21(29)26(20)14-3-4-17-13(9-14)5-7-25(17)8-6-22;1-12(2,3)16-11(15)9-7-5-4-6-8-10(13)14;13-8(14)4-2-1-3-7-9-6(5-16-7)11-10(15)12-9/h13-15,17,19-21,23,29,33,35,47-48H,3-12,16,18,22H2,1-2H3,(H,39,49)(H,43,51)(H2,40,41,50);7-9,12,14-17,34-35H,3-6,10-11,13,28H2,1-2H3,(H,29,36)(H,31,37);3-5,7,9-12,27-28H,6,8,22H2,1-2H3,(H,24,29);4-9H2,1-3H3,(H,13,14);6-7,9H,1-5H2,(H,13,14)(H2,11,12,15)/t29-,33+,35-;;;;6-,7+,9-/m0...1/s1. The number of rotatable bonds is 46. The summed E-state index contributed by atoms with van der Waals surface area (Å²) in [5, 5.41) is 120. The molecule has 6 aromatic heterocycles. The van der Waals surface area contributed by atoms with E-state index in [1.165, 1.54) is 31.9 Å². The number of aromatic amines is 3. The Kier molecular flexibility index (Phi) is 41.4. The van der Waals surface area contributed by atoms with Crippen LogP contribution in [0.25, 0.3) is 83.9 Å². The fourth-order valence-corrected chi connectivity index (χ4v) is 22.0. The Labute approximate surface area is 877 Å². The van der Waals surface area contributed by atoms with Gasteiger partial charge in [0.1, 0.15) is 45.9 Å². The summed E-state index contributed by atoms with van der Waals surface area (Å²) in [5.41, 5.74) is 17.1. The van der Waals surface area contributed by atoms with E-state index in [4.69, 9.17) is 26.4 Å². The van der Waals surface area contributed by atoms with Crippen molar-refractivity contribution < 1.29 is 83.9 Å². The highest BCUT2D eigenvalue weighted by molar-refractivity contribution is 8.00. The van der Waals surface area contributed by atoms with Crippen LogP contribution in [0, 0.1) is 0 Å². The van der Waals surface area contributed by atoms with Crippen molar-refractivity contribution in [1.29, 1.82) is 0 Å². The van der Waals surface area contributed by atoms with Gasteiger partial charge in [0.25, 0.3) is 0 Å². The molecule has 0 spiro atoms. The van der Waals surface area contributed by atoms with Gasteiger partial charge in [-0.3, -0.25) is 28.8 Å². The van der Waals surface area contributed by atoms with Crippen LogP contribution >= 0.6 is 23.5 Å². The molecule has 10 heterocycles. The number of ether oxygens (including phenoxy) is 1. The lowest BCUT2D eigenvalue weighted by Gasteiger charge is -2.19. The van der Waals surface area contributed by atoms with Crippen LogP contribution in [0.15, 0.2) is 142 Å². The van der Waals surface area contributed by atoms with E-state index in [1.807, 2.05) is 186 Å². The van der Waals surface area contributed by atoms with Crippen molar-refractivity contribution in [3.05, 3.63) is 176 Å². The minimum atomic E-state index is -0.757. The summed E-state index contributed by atoms with van der Waals surface area (Å²) in [6.07, 6.45) is 23.9. The molecule has 6 amide bonds. The molecule has 42 heteroatoms. The monoisotopic (exact) mass is 2110 g/mol. The molecule has 4 fully saturated rings. The van der Waals surface area contributed by atoms with E-state index < -0.39 is 34.6 Å². The molecule has 0 aliphatic carbocycles. The third kappa shape index (κ3) is 31.2. The molecule has 4 aliphatic rings. The second kappa shape index (κ2) is 54.3. The smallest absolute Gasteiger partial charge is 0.348 e. The summed E-state index contributed by atoms with van der Waals surface area (Å²) in [5.74, 6) is 0.905. The zero-order chi connectivity index (χ0) is 108. The van der Waals surface area contributed by atoms with Crippen molar-refractivity contribution in [1.82, 2.24) is 89.9 Å². The first-order valence-corrected chi connectivity index (χ1v) is 53.8. The Balaban J connectivity index is 0.000000178. The lowest BCUT2D eigenvalue weighted by molar-refractivity contribution is -0.155. The van der Waals surface area contributed by atoms with Gasteiger partial charge in [0.15, 0.2) is 17.5 Å². The average Bonchev–Trinajstić information content (AvgIpc) is 1.63. The summed E-state index contributed by atoms with van der Waals surface area (Å²) in [4.78, 5) is 129. The number of esters is 1. The Morgan fingerprint density at radius 2 is 0.740 bits per heavy atom. The predicted molar refractivity (Wildman–Crippen MR) is 580 cm³/mol. The van der Waals surface area contributed by atoms with E-state index in [1.54, 1.807) is 18.2 Å². The SMILES string of the molecule is CC(C)(C)OC(=O)CCCCCCC(=O)O.CC(C)c1cc(-c2n[nH]c(=O)n2-c2ccc3c(ccn3CCN)c2)c(O)cc1O.CC(C)c1cc(-c2n[nH]c(=O)n2-c2ccc3c(ccn3CCNC(=O)CCCCCCC(=O)CCCC[C@H]3SC[C@@H]4NC(=O)N[C@@H]43)c2)c(O)cc1O.CC(C)c1cc(-c2n[nH]c(=O)n2-c2ccc3c(ccn3CCNC(=O)CCCCCN)c2)c(O)cc1O.O=C(O)CCCC[C@@H]1SC[C@H]2NC(=O)N[C@@H]12. The van der Waals surface area contributed by atoms with Crippen LogP contribution in [0.1, 0.15) is 251 Å². The van der Waals surface area contributed by atoms with Gasteiger partial charge >= 0.3 is 47.0 Å². The summed E-state index contributed by atoms with van der Waals surface area (Å²) >= 11 is 3.78. The molecule has 12 aromatic rings. The summed E-state index contributed by atoms with van der Waals surface area (Å²) < 4.78 is 15.5. The Morgan fingerprint density at radius 1 is 0.407 bits per heavy atom. The van der Waals surface area contributed by atoms with E-state index >= 15 is 0 Å². The van der Waals surface area contributed by atoms with Gasteiger partial charge in [0.05, 0.1) is 57.9 Å². The van der Waals surface area contributed by atoms with Crippen LogP contribution in [0.3, 0.4) is 0 Å². The highest BCUT2D eigenvalue weighted by Crippen LogP contribution is 2.43. The zero-order valence-electron chi connectivity index (χ0n) is 86.6. The number of benzene rings is 6. The highest BCUT2D eigenvalue weighted by Gasteiger charge is 2.44. The predicted octanol–water partition coefficient (Wildman–Crippen LogP) is 15.0. The largest absolute Gasteiger partial charge is 0.508 e. The lowest BCUT2D eigenvalue weighted by Crippen LogP contribution is -2.36. The van der Waals surface area contributed by atoms with Gasteiger partial charge in [-0.25, -0.2) is 53.0 Å². The number of hydrogen-bond acceptors (Lipinski definition) is 25. The molecule has 0 unspecified atom stereocenters. The number of nitrogens with one attached hydrogen (secondary N) is 9. The van der Waals surface area contributed by atoms with E-state index in [0.717, 1.165) is 147 Å².